The Hall–Kier alpha value is -1.82. The molecule has 5 nitrogen and oxygen atoms in total. The number of aromatic amines is 1. The van der Waals surface area contributed by atoms with E-state index in [-0.39, 0.29) is 4.90 Å². The Balaban J connectivity index is 2.27. The lowest BCUT2D eigenvalue weighted by Crippen LogP contribution is -2.14. The van der Waals surface area contributed by atoms with Crippen LogP contribution < -0.4 is 4.72 Å². The van der Waals surface area contributed by atoms with Gasteiger partial charge >= 0.3 is 0 Å². The molecule has 102 valence electrons. The Bertz CT molecular complexity index is 645. The summed E-state index contributed by atoms with van der Waals surface area (Å²) in [6.45, 7) is 3.97. The van der Waals surface area contributed by atoms with Gasteiger partial charge < -0.3 is 0 Å². The molecule has 0 bridgehead atoms. The van der Waals surface area contributed by atoms with Crippen LogP contribution in [0.1, 0.15) is 25.0 Å². The fourth-order valence-corrected chi connectivity index (χ4v) is 2.82. The van der Waals surface area contributed by atoms with Crippen LogP contribution in [0.4, 0.5) is 5.82 Å². The number of H-pyrrole nitrogens is 1. The maximum Gasteiger partial charge on any atom is 0.263 e. The summed E-state index contributed by atoms with van der Waals surface area (Å²) in [4.78, 5) is 0.251. The Morgan fingerprint density at radius 3 is 2.42 bits per heavy atom. The number of aryl methyl sites for hydroxylation is 2. The molecule has 0 spiro atoms. The van der Waals surface area contributed by atoms with E-state index in [1.54, 1.807) is 18.3 Å². The maximum absolute atomic E-state index is 12.2. The molecular weight excluding hydrogens is 262 g/mol. The van der Waals surface area contributed by atoms with E-state index in [0.29, 0.717) is 12.2 Å². The van der Waals surface area contributed by atoms with E-state index in [4.69, 9.17) is 0 Å². The lowest BCUT2D eigenvalue weighted by molar-refractivity contribution is 0.601. The van der Waals surface area contributed by atoms with Crippen LogP contribution in [0, 0.1) is 0 Å². The molecule has 0 fully saturated rings. The van der Waals surface area contributed by atoms with Crippen molar-refractivity contribution in [3.05, 3.63) is 41.6 Å². The first-order valence-corrected chi connectivity index (χ1v) is 7.69. The zero-order valence-corrected chi connectivity index (χ0v) is 11.8. The van der Waals surface area contributed by atoms with E-state index in [9.17, 15) is 8.42 Å². The van der Waals surface area contributed by atoms with Crippen LogP contribution in [-0.2, 0) is 22.9 Å². The van der Waals surface area contributed by atoms with Gasteiger partial charge in [-0.05, 0) is 30.5 Å². The minimum absolute atomic E-state index is 0.251. The average molecular weight is 279 g/mol. The predicted molar refractivity (Wildman–Crippen MR) is 74.6 cm³/mol. The molecule has 2 aromatic rings. The van der Waals surface area contributed by atoms with Crippen LogP contribution in [0.3, 0.4) is 0 Å². The van der Waals surface area contributed by atoms with Gasteiger partial charge in [-0.25, -0.2) is 8.42 Å². The van der Waals surface area contributed by atoms with Gasteiger partial charge in [0.2, 0.25) is 0 Å². The van der Waals surface area contributed by atoms with E-state index < -0.39 is 10.0 Å². The molecule has 1 heterocycles. The molecular formula is C13H17N3O2S. The highest BCUT2D eigenvalue weighted by Crippen LogP contribution is 2.18. The van der Waals surface area contributed by atoms with Crippen molar-refractivity contribution in [1.29, 1.82) is 0 Å². The summed E-state index contributed by atoms with van der Waals surface area (Å²) in [5.41, 5.74) is 1.95. The Morgan fingerprint density at radius 1 is 1.16 bits per heavy atom. The molecule has 0 atom stereocenters. The molecule has 1 aromatic heterocycles. The zero-order chi connectivity index (χ0) is 13.9. The lowest BCUT2D eigenvalue weighted by Gasteiger charge is -2.08. The molecule has 0 saturated carbocycles. The number of aromatic nitrogens is 2. The van der Waals surface area contributed by atoms with Gasteiger partial charge in [-0.3, -0.25) is 9.82 Å². The molecule has 0 aliphatic carbocycles. The van der Waals surface area contributed by atoms with Crippen LogP contribution in [0.15, 0.2) is 35.4 Å². The summed E-state index contributed by atoms with van der Waals surface area (Å²) in [6.07, 6.45) is 3.22. The second-order valence-electron chi connectivity index (χ2n) is 4.23. The number of rotatable bonds is 5. The van der Waals surface area contributed by atoms with Crippen LogP contribution >= 0.6 is 0 Å². The van der Waals surface area contributed by atoms with E-state index in [0.717, 1.165) is 17.5 Å². The third kappa shape index (κ3) is 2.96. The molecule has 0 aliphatic heterocycles. The van der Waals surface area contributed by atoms with Gasteiger partial charge in [0, 0.05) is 5.56 Å². The Morgan fingerprint density at radius 2 is 1.84 bits per heavy atom. The van der Waals surface area contributed by atoms with Crippen LogP contribution in [-0.4, -0.2) is 18.6 Å². The van der Waals surface area contributed by atoms with Gasteiger partial charge in [0.25, 0.3) is 10.0 Å². The summed E-state index contributed by atoms with van der Waals surface area (Å²) in [5, 5.41) is 6.51. The average Bonchev–Trinajstić information content (AvgIpc) is 2.85. The molecule has 0 unspecified atom stereocenters. The first kappa shape index (κ1) is 13.6. The summed E-state index contributed by atoms with van der Waals surface area (Å²) < 4.78 is 26.9. The highest BCUT2D eigenvalue weighted by atomic mass is 32.2. The molecule has 2 N–H and O–H groups in total. The van der Waals surface area contributed by atoms with Crippen molar-refractivity contribution in [2.75, 3.05) is 4.72 Å². The van der Waals surface area contributed by atoms with Crippen molar-refractivity contribution in [2.45, 2.75) is 31.6 Å². The zero-order valence-electron chi connectivity index (χ0n) is 11.0. The summed E-state index contributed by atoms with van der Waals surface area (Å²) in [6, 6.07) is 6.87. The largest absolute Gasteiger partial charge is 0.264 e. The van der Waals surface area contributed by atoms with Gasteiger partial charge in [-0.1, -0.05) is 26.0 Å². The van der Waals surface area contributed by atoms with Crippen molar-refractivity contribution in [2.24, 2.45) is 0 Å². The SMILES string of the molecule is CCc1ccc(S(=O)(=O)Nc2[nH]ncc2CC)cc1. The van der Waals surface area contributed by atoms with Crippen molar-refractivity contribution in [1.82, 2.24) is 10.2 Å². The quantitative estimate of drug-likeness (QED) is 0.882. The fourth-order valence-electron chi connectivity index (χ4n) is 1.77. The first-order valence-electron chi connectivity index (χ1n) is 6.20. The highest BCUT2D eigenvalue weighted by Gasteiger charge is 2.16. The molecule has 1 aromatic carbocycles. The summed E-state index contributed by atoms with van der Waals surface area (Å²) in [5.74, 6) is 0.432. The molecule has 0 amide bonds. The third-order valence-electron chi connectivity index (χ3n) is 2.98. The highest BCUT2D eigenvalue weighted by molar-refractivity contribution is 7.92. The van der Waals surface area contributed by atoms with Gasteiger partial charge in [-0.2, -0.15) is 5.10 Å². The van der Waals surface area contributed by atoms with Crippen LogP contribution in [0.5, 0.6) is 0 Å². The second-order valence-corrected chi connectivity index (χ2v) is 5.91. The minimum atomic E-state index is -3.56. The van der Waals surface area contributed by atoms with E-state index >= 15 is 0 Å². The van der Waals surface area contributed by atoms with Crippen molar-refractivity contribution >= 4 is 15.8 Å². The lowest BCUT2D eigenvalue weighted by atomic mass is 10.2. The molecule has 19 heavy (non-hydrogen) atoms. The van der Waals surface area contributed by atoms with Crippen molar-refractivity contribution in [3.8, 4) is 0 Å². The van der Waals surface area contributed by atoms with Gasteiger partial charge in [0.15, 0.2) is 0 Å². The van der Waals surface area contributed by atoms with Gasteiger partial charge in [0.1, 0.15) is 5.82 Å². The normalized spacial score (nSPS) is 11.5. The van der Waals surface area contributed by atoms with Crippen LogP contribution in [0.2, 0.25) is 0 Å². The van der Waals surface area contributed by atoms with Crippen LogP contribution in [0.25, 0.3) is 0 Å². The molecule has 6 heteroatoms. The minimum Gasteiger partial charge on any atom is -0.264 e. The van der Waals surface area contributed by atoms with Crippen molar-refractivity contribution < 1.29 is 8.42 Å². The smallest absolute Gasteiger partial charge is 0.263 e. The monoisotopic (exact) mass is 279 g/mol. The number of hydrogen-bond donors (Lipinski definition) is 2. The standard InChI is InChI=1S/C13H17N3O2S/c1-3-10-5-7-12(8-6-10)19(17,18)16-13-11(4-2)9-14-15-13/h5-9H,3-4H2,1-2H3,(H2,14,15,16). The molecule has 2 rings (SSSR count). The van der Waals surface area contributed by atoms with E-state index in [1.165, 1.54) is 0 Å². The maximum atomic E-state index is 12.2. The summed E-state index contributed by atoms with van der Waals surface area (Å²) >= 11 is 0. The molecule has 0 saturated heterocycles. The number of hydrogen-bond acceptors (Lipinski definition) is 3. The topological polar surface area (TPSA) is 74.8 Å². The van der Waals surface area contributed by atoms with E-state index in [1.807, 2.05) is 26.0 Å². The predicted octanol–water partition coefficient (Wildman–Crippen LogP) is 2.34. The Labute approximate surface area is 113 Å². The number of benzene rings is 1. The van der Waals surface area contributed by atoms with Gasteiger partial charge in [-0.15, -0.1) is 0 Å². The first-order chi connectivity index (χ1) is 9.06. The Kier molecular flexibility index (Phi) is 3.90. The number of nitrogens with one attached hydrogen (secondary N) is 2. The number of nitrogens with zero attached hydrogens (tertiary/aromatic N) is 1. The third-order valence-corrected chi connectivity index (χ3v) is 4.34. The molecule has 0 radical (unpaired) electrons. The van der Waals surface area contributed by atoms with Crippen molar-refractivity contribution in [3.63, 3.8) is 0 Å². The van der Waals surface area contributed by atoms with Gasteiger partial charge in [0.05, 0.1) is 11.1 Å². The summed E-state index contributed by atoms with van der Waals surface area (Å²) in [7, 11) is -3.56. The second kappa shape index (κ2) is 5.44. The van der Waals surface area contributed by atoms with E-state index in [2.05, 4.69) is 14.9 Å². The molecule has 0 aliphatic rings. The number of sulfonamides is 1. The fraction of sp³-hybridized carbons (Fsp3) is 0.308. The number of anilines is 1.